The van der Waals surface area contributed by atoms with E-state index in [-0.39, 0.29) is 32.0 Å². The highest BCUT2D eigenvalue weighted by Gasteiger charge is 2.36. The lowest BCUT2D eigenvalue weighted by Crippen LogP contribution is -2.54. The molecule has 1 aromatic carbocycles. The molecule has 214 valence electrons. The van der Waals surface area contributed by atoms with E-state index in [0.29, 0.717) is 12.0 Å². The normalized spacial score (nSPS) is 12.9. The summed E-state index contributed by atoms with van der Waals surface area (Å²) in [6.45, 7) is 14.2. The van der Waals surface area contributed by atoms with Crippen LogP contribution in [-0.2, 0) is 23.9 Å². The topological polar surface area (TPSA) is 134 Å². The van der Waals surface area contributed by atoms with E-state index < -0.39 is 48.2 Å². The van der Waals surface area contributed by atoms with E-state index in [1.807, 2.05) is 39.8 Å². The minimum atomic E-state index is -1.11. The molecule has 0 spiro atoms. The van der Waals surface area contributed by atoms with Gasteiger partial charge in [0.05, 0.1) is 19.6 Å². The standard InChI is InChI=1S/C28H45N3O7/c1-9-37-23(33)12-13-29-25(34)24(21-11-10-19(4)20(5)17-21)31(14-15-32)26(35)22(16-18(2)3)30-27(36)38-28(6,7)8/h10-11,17-18,22,24,32H,9,12-16H2,1-8H3,(H,29,34)(H,30,36). The molecule has 3 amide bonds. The maximum Gasteiger partial charge on any atom is 0.408 e. The van der Waals surface area contributed by atoms with Gasteiger partial charge in [-0.25, -0.2) is 4.79 Å². The highest BCUT2D eigenvalue weighted by atomic mass is 16.6. The van der Waals surface area contributed by atoms with Gasteiger partial charge in [-0.15, -0.1) is 0 Å². The number of esters is 1. The van der Waals surface area contributed by atoms with Crippen molar-refractivity contribution in [3.05, 3.63) is 34.9 Å². The summed E-state index contributed by atoms with van der Waals surface area (Å²) >= 11 is 0. The Bertz CT molecular complexity index is 956. The smallest absolute Gasteiger partial charge is 0.408 e. The average Bonchev–Trinajstić information content (AvgIpc) is 2.78. The summed E-state index contributed by atoms with van der Waals surface area (Å²) in [4.78, 5) is 53.0. The average molecular weight is 536 g/mol. The Hall–Kier alpha value is -3.14. The van der Waals surface area contributed by atoms with E-state index in [9.17, 15) is 24.3 Å². The summed E-state index contributed by atoms with van der Waals surface area (Å²) in [6, 6.07) is 3.34. The molecule has 0 bridgehead atoms. The van der Waals surface area contributed by atoms with Crippen molar-refractivity contribution in [2.24, 2.45) is 5.92 Å². The number of amides is 3. The maximum absolute atomic E-state index is 13.9. The quantitative estimate of drug-likeness (QED) is 0.330. The fourth-order valence-corrected chi connectivity index (χ4v) is 3.84. The first kappa shape index (κ1) is 32.9. The molecule has 1 rings (SSSR count). The summed E-state index contributed by atoms with van der Waals surface area (Å²) in [5.41, 5.74) is 1.72. The number of ether oxygens (including phenoxy) is 2. The number of alkyl carbamates (subject to hydrolysis) is 1. The second kappa shape index (κ2) is 15.3. The van der Waals surface area contributed by atoms with Crippen LogP contribution in [0.3, 0.4) is 0 Å². The van der Waals surface area contributed by atoms with Crippen molar-refractivity contribution in [1.29, 1.82) is 0 Å². The van der Waals surface area contributed by atoms with Gasteiger partial charge in [0.25, 0.3) is 0 Å². The van der Waals surface area contributed by atoms with E-state index >= 15 is 0 Å². The molecule has 0 aromatic heterocycles. The lowest BCUT2D eigenvalue weighted by atomic mass is 9.97. The van der Waals surface area contributed by atoms with Crippen LogP contribution in [0.25, 0.3) is 0 Å². The van der Waals surface area contributed by atoms with Crippen molar-refractivity contribution in [3.63, 3.8) is 0 Å². The molecule has 0 radical (unpaired) electrons. The first-order chi connectivity index (χ1) is 17.7. The zero-order chi connectivity index (χ0) is 29.0. The van der Waals surface area contributed by atoms with Gasteiger partial charge in [0, 0.05) is 13.1 Å². The summed E-state index contributed by atoms with van der Waals surface area (Å²) in [7, 11) is 0. The number of aryl methyl sites for hydroxylation is 2. The van der Waals surface area contributed by atoms with Crippen LogP contribution in [0.1, 0.15) is 77.1 Å². The van der Waals surface area contributed by atoms with Crippen molar-refractivity contribution in [1.82, 2.24) is 15.5 Å². The number of hydrogen-bond acceptors (Lipinski definition) is 7. The van der Waals surface area contributed by atoms with Crippen LogP contribution in [0, 0.1) is 19.8 Å². The molecule has 0 heterocycles. The highest BCUT2D eigenvalue weighted by Crippen LogP contribution is 2.25. The molecule has 0 aliphatic heterocycles. The molecule has 0 aliphatic rings. The lowest BCUT2D eigenvalue weighted by molar-refractivity contribution is -0.144. The minimum Gasteiger partial charge on any atom is -0.466 e. The third-order valence-electron chi connectivity index (χ3n) is 5.66. The Morgan fingerprint density at radius 1 is 1.08 bits per heavy atom. The fraction of sp³-hybridized carbons (Fsp3) is 0.643. The van der Waals surface area contributed by atoms with Crippen molar-refractivity contribution < 1.29 is 33.8 Å². The van der Waals surface area contributed by atoms with Gasteiger partial charge in [0.15, 0.2) is 0 Å². The van der Waals surface area contributed by atoms with Gasteiger partial charge in [0.2, 0.25) is 11.8 Å². The molecule has 38 heavy (non-hydrogen) atoms. The number of aliphatic hydroxyl groups excluding tert-OH is 1. The predicted octanol–water partition coefficient (Wildman–Crippen LogP) is 3.17. The molecule has 0 saturated heterocycles. The van der Waals surface area contributed by atoms with Crippen LogP contribution in [-0.4, -0.2) is 71.8 Å². The predicted molar refractivity (Wildman–Crippen MR) is 144 cm³/mol. The number of hydrogen-bond donors (Lipinski definition) is 3. The third kappa shape index (κ3) is 11.1. The number of carbonyl (C=O) groups excluding carboxylic acids is 4. The first-order valence-corrected chi connectivity index (χ1v) is 13.1. The molecular weight excluding hydrogens is 490 g/mol. The van der Waals surface area contributed by atoms with Gasteiger partial charge in [-0.3, -0.25) is 14.4 Å². The van der Waals surface area contributed by atoms with E-state index in [4.69, 9.17) is 9.47 Å². The van der Waals surface area contributed by atoms with E-state index in [1.54, 1.807) is 33.8 Å². The lowest BCUT2D eigenvalue weighted by Gasteiger charge is -2.34. The summed E-state index contributed by atoms with van der Waals surface area (Å²) in [5, 5.41) is 15.2. The third-order valence-corrected chi connectivity index (χ3v) is 5.66. The van der Waals surface area contributed by atoms with E-state index in [2.05, 4.69) is 10.6 Å². The van der Waals surface area contributed by atoms with Crippen LogP contribution in [0.2, 0.25) is 0 Å². The van der Waals surface area contributed by atoms with Crippen LogP contribution < -0.4 is 10.6 Å². The van der Waals surface area contributed by atoms with Crippen LogP contribution in [0.15, 0.2) is 18.2 Å². The monoisotopic (exact) mass is 535 g/mol. The fourth-order valence-electron chi connectivity index (χ4n) is 3.84. The molecule has 2 atom stereocenters. The Labute approximate surface area is 226 Å². The minimum absolute atomic E-state index is 0.0196. The summed E-state index contributed by atoms with van der Waals surface area (Å²) in [5.74, 6) is -1.45. The van der Waals surface area contributed by atoms with E-state index in [1.165, 1.54) is 4.90 Å². The number of nitrogens with one attached hydrogen (secondary N) is 2. The Kier molecular flexibility index (Phi) is 13.3. The molecule has 0 aliphatic carbocycles. The van der Waals surface area contributed by atoms with Gasteiger partial charge in [0.1, 0.15) is 17.7 Å². The highest BCUT2D eigenvalue weighted by molar-refractivity contribution is 5.92. The number of carbonyl (C=O) groups is 4. The Morgan fingerprint density at radius 3 is 2.26 bits per heavy atom. The summed E-state index contributed by atoms with van der Waals surface area (Å²) < 4.78 is 10.3. The van der Waals surface area contributed by atoms with Crippen molar-refractivity contribution in [3.8, 4) is 0 Å². The Balaban J connectivity index is 3.40. The summed E-state index contributed by atoms with van der Waals surface area (Å²) in [6.07, 6.45) is -0.477. The Morgan fingerprint density at radius 2 is 1.74 bits per heavy atom. The van der Waals surface area contributed by atoms with Crippen molar-refractivity contribution >= 4 is 23.9 Å². The van der Waals surface area contributed by atoms with Gasteiger partial charge < -0.3 is 30.1 Å². The van der Waals surface area contributed by atoms with E-state index in [0.717, 1.165) is 11.1 Å². The van der Waals surface area contributed by atoms with Crippen molar-refractivity contribution in [2.45, 2.75) is 85.9 Å². The maximum atomic E-state index is 13.9. The first-order valence-electron chi connectivity index (χ1n) is 13.1. The zero-order valence-corrected chi connectivity index (χ0v) is 24.1. The van der Waals surface area contributed by atoms with Gasteiger partial charge in [-0.1, -0.05) is 32.0 Å². The van der Waals surface area contributed by atoms with Crippen LogP contribution in [0.5, 0.6) is 0 Å². The molecule has 3 N–H and O–H groups in total. The molecule has 2 unspecified atom stereocenters. The number of benzene rings is 1. The second-order valence-electron chi connectivity index (χ2n) is 10.7. The molecule has 1 aromatic rings. The number of nitrogens with zero attached hydrogens (tertiary/aromatic N) is 1. The number of rotatable bonds is 13. The molecule has 10 heteroatoms. The van der Waals surface area contributed by atoms with Crippen molar-refractivity contribution in [2.75, 3.05) is 26.3 Å². The molecule has 0 fully saturated rings. The van der Waals surface area contributed by atoms with Gasteiger partial charge >= 0.3 is 12.1 Å². The SMILES string of the molecule is CCOC(=O)CCNC(=O)C(c1ccc(C)c(C)c1)N(CCO)C(=O)C(CC(C)C)NC(=O)OC(C)(C)C. The van der Waals surface area contributed by atoms with Crippen LogP contribution in [0.4, 0.5) is 4.79 Å². The number of aliphatic hydroxyl groups is 1. The molecular formula is C28H45N3O7. The van der Waals surface area contributed by atoms with Gasteiger partial charge in [-0.2, -0.15) is 0 Å². The molecule has 0 saturated carbocycles. The zero-order valence-electron chi connectivity index (χ0n) is 24.1. The molecule has 10 nitrogen and oxygen atoms in total. The second-order valence-corrected chi connectivity index (χ2v) is 10.7. The van der Waals surface area contributed by atoms with Gasteiger partial charge in [-0.05, 0) is 70.6 Å². The van der Waals surface area contributed by atoms with Crippen LogP contribution >= 0.6 is 0 Å². The largest absolute Gasteiger partial charge is 0.466 e.